The van der Waals surface area contributed by atoms with Gasteiger partial charge in [0.15, 0.2) is 5.82 Å². The summed E-state index contributed by atoms with van der Waals surface area (Å²) in [5, 5.41) is 3.84. The SMILES string of the molecule is CCN(CC=Cc1ccc(F)cc1)Cc1nc(COC)no1. The van der Waals surface area contributed by atoms with Gasteiger partial charge in [-0.25, -0.2) is 4.39 Å². The van der Waals surface area contributed by atoms with Crippen molar-refractivity contribution in [2.75, 3.05) is 20.2 Å². The predicted octanol–water partition coefficient (Wildman–Crippen LogP) is 2.89. The fourth-order valence-electron chi connectivity index (χ4n) is 1.95. The Morgan fingerprint density at radius 1 is 1.32 bits per heavy atom. The van der Waals surface area contributed by atoms with E-state index in [0.717, 1.165) is 18.7 Å². The van der Waals surface area contributed by atoms with Crippen molar-refractivity contribution in [3.63, 3.8) is 0 Å². The normalized spacial score (nSPS) is 11.6. The minimum Gasteiger partial charge on any atom is -0.377 e. The lowest BCUT2D eigenvalue weighted by Gasteiger charge is -2.15. The van der Waals surface area contributed by atoms with Crippen LogP contribution in [0.1, 0.15) is 24.2 Å². The zero-order chi connectivity index (χ0) is 15.8. The number of nitrogens with zero attached hydrogens (tertiary/aromatic N) is 3. The number of halogens is 1. The topological polar surface area (TPSA) is 51.4 Å². The van der Waals surface area contributed by atoms with E-state index in [1.54, 1.807) is 19.2 Å². The van der Waals surface area contributed by atoms with Gasteiger partial charge in [0, 0.05) is 13.7 Å². The number of methoxy groups -OCH3 is 1. The standard InChI is InChI=1S/C16H20FN3O2/c1-3-20(11-16-18-15(12-21-2)19-22-16)10-4-5-13-6-8-14(17)9-7-13/h4-9H,3,10-12H2,1-2H3. The Kier molecular flexibility index (Phi) is 6.24. The maximum atomic E-state index is 12.8. The lowest BCUT2D eigenvalue weighted by Crippen LogP contribution is -2.23. The Morgan fingerprint density at radius 3 is 2.77 bits per heavy atom. The maximum absolute atomic E-state index is 12.8. The molecule has 22 heavy (non-hydrogen) atoms. The Balaban J connectivity index is 1.87. The molecule has 0 bridgehead atoms. The van der Waals surface area contributed by atoms with Gasteiger partial charge >= 0.3 is 0 Å². The molecular formula is C16H20FN3O2. The summed E-state index contributed by atoms with van der Waals surface area (Å²) in [6.07, 6.45) is 4.00. The molecule has 6 heteroatoms. The molecule has 2 rings (SSSR count). The summed E-state index contributed by atoms with van der Waals surface area (Å²) >= 11 is 0. The average molecular weight is 305 g/mol. The largest absolute Gasteiger partial charge is 0.377 e. The molecule has 118 valence electrons. The molecule has 0 N–H and O–H groups in total. The summed E-state index contributed by atoms with van der Waals surface area (Å²) in [7, 11) is 1.59. The summed E-state index contributed by atoms with van der Waals surface area (Å²) in [6, 6.07) is 6.40. The Morgan fingerprint density at radius 2 is 2.09 bits per heavy atom. The van der Waals surface area contributed by atoms with Gasteiger partial charge < -0.3 is 9.26 Å². The molecular weight excluding hydrogens is 285 g/mol. The van der Waals surface area contributed by atoms with E-state index in [1.165, 1.54) is 12.1 Å². The highest BCUT2D eigenvalue weighted by atomic mass is 19.1. The first kappa shape index (κ1) is 16.3. The molecule has 0 amide bonds. The second-order valence-electron chi connectivity index (χ2n) is 4.82. The van der Waals surface area contributed by atoms with Gasteiger partial charge in [0.2, 0.25) is 5.89 Å². The Hall–Kier alpha value is -2.05. The predicted molar refractivity (Wildman–Crippen MR) is 81.4 cm³/mol. The van der Waals surface area contributed by atoms with Gasteiger partial charge in [0.05, 0.1) is 6.54 Å². The number of aromatic nitrogens is 2. The molecule has 1 heterocycles. The maximum Gasteiger partial charge on any atom is 0.240 e. The molecule has 5 nitrogen and oxygen atoms in total. The van der Waals surface area contributed by atoms with Gasteiger partial charge in [-0.15, -0.1) is 0 Å². The Bertz CT molecular complexity index is 596. The van der Waals surface area contributed by atoms with Crippen LogP contribution in [0.2, 0.25) is 0 Å². The highest BCUT2D eigenvalue weighted by Crippen LogP contribution is 2.07. The van der Waals surface area contributed by atoms with Crippen molar-refractivity contribution < 1.29 is 13.7 Å². The third-order valence-electron chi connectivity index (χ3n) is 3.13. The molecule has 0 atom stereocenters. The summed E-state index contributed by atoms with van der Waals surface area (Å²) < 4.78 is 23.0. The molecule has 0 radical (unpaired) electrons. The van der Waals surface area contributed by atoms with Crippen LogP contribution in [-0.2, 0) is 17.9 Å². The van der Waals surface area contributed by atoms with E-state index < -0.39 is 0 Å². The van der Waals surface area contributed by atoms with Crippen LogP contribution in [0.5, 0.6) is 0 Å². The molecule has 1 aromatic heterocycles. The van der Waals surface area contributed by atoms with Gasteiger partial charge in [-0.05, 0) is 24.2 Å². The van der Waals surface area contributed by atoms with E-state index >= 15 is 0 Å². The fraction of sp³-hybridized carbons (Fsp3) is 0.375. The number of hydrogen-bond donors (Lipinski definition) is 0. The molecule has 0 aliphatic heterocycles. The molecule has 0 aliphatic carbocycles. The van der Waals surface area contributed by atoms with Crippen LogP contribution >= 0.6 is 0 Å². The highest BCUT2D eigenvalue weighted by Gasteiger charge is 2.09. The van der Waals surface area contributed by atoms with E-state index in [4.69, 9.17) is 9.26 Å². The van der Waals surface area contributed by atoms with E-state index in [9.17, 15) is 4.39 Å². The summed E-state index contributed by atoms with van der Waals surface area (Å²) in [4.78, 5) is 6.41. The average Bonchev–Trinajstić information content (AvgIpc) is 2.96. The zero-order valence-corrected chi connectivity index (χ0v) is 12.8. The summed E-state index contributed by atoms with van der Waals surface area (Å²) in [5.41, 5.74) is 0.970. The van der Waals surface area contributed by atoms with Crippen molar-refractivity contribution in [2.24, 2.45) is 0 Å². The third-order valence-corrected chi connectivity index (χ3v) is 3.13. The van der Waals surface area contributed by atoms with Gasteiger partial charge in [0.25, 0.3) is 0 Å². The van der Waals surface area contributed by atoms with E-state index in [2.05, 4.69) is 22.0 Å². The van der Waals surface area contributed by atoms with Crippen molar-refractivity contribution in [3.8, 4) is 0 Å². The lowest BCUT2D eigenvalue weighted by atomic mass is 10.2. The van der Waals surface area contributed by atoms with Crippen molar-refractivity contribution in [2.45, 2.75) is 20.1 Å². The van der Waals surface area contributed by atoms with Gasteiger partial charge in [-0.1, -0.05) is 36.4 Å². The zero-order valence-electron chi connectivity index (χ0n) is 12.8. The van der Waals surface area contributed by atoms with Crippen LogP contribution in [0.15, 0.2) is 34.9 Å². The fourth-order valence-corrected chi connectivity index (χ4v) is 1.95. The first-order valence-corrected chi connectivity index (χ1v) is 7.16. The minimum atomic E-state index is -0.226. The number of hydrogen-bond acceptors (Lipinski definition) is 5. The highest BCUT2D eigenvalue weighted by molar-refractivity contribution is 5.48. The number of rotatable bonds is 8. The second-order valence-corrected chi connectivity index (χ2v) is 4.82. The van der Waals surface area contributed by atoms with Crippen molar-refractivity contribution >= 4 is 6.08 Å². The number of benzene rings is 1. The van der Waals surface area contributed by atoms with Crippen molar-refractivity contribution in [1.29, 1.82) is 0 Å². The van der Waals surface area contributed by atoms with Crippen LogP contribution in [-0.4, -0.2) is 35.2 Å². The second kappa shape index (κ2) is 8.41. The molecule has 0 spiro atoms. The minimum absolute atomic E-state index is 0.226. The quantitative estimate of drug-likeness (QED) is 0.750. The van der Waals surface area contributed by atoms with Gasteiger partial charge in [-0.3, -0.25) is 4.90 Å². The van der Waals surface area contributed by atoms with E-state index in [-0.39, 0.29) is 5.82 Å². The van der Waals surface area contributed by atoms with Crippen molar-refractivity contribution in [3.05, 3.63) is 53.4 Å². The monoisotopic (exact) mass is 305 g/mol. The first-order valence-electron chi connectivity index (χ1n) is 7.16. The molecule has 1 aromatic carbocycles. The Labute approximate surface area is 129 Å². The van der Waals surface area contributed by atoms with E-state index in [0.29, 0.717) is 24.9 Å². The molecule has 0 aliphatic rings. The molecule has 2 aromatic rings. The molecule has 0 saturated carbocycles. The summed E-state index contributed by atoms with van der Waals surface area (Å²) in [5.74, 6) is 0.898. The van der Waals surface area contributed by atoms with Crippen LogP contribution < -0.4 is 0 Å². The van der Waals surface area contributed by atoms with Crippen LogP contribution in [0.25, 0.3) is 6.08 Å². The number of ether oxygens (including phenoxy) is 1. The van der Waals surface area contributed by atoms with Crippen LogP contribution in [0, 0.1) is 5.82 Å². The van der Waals surface area contributed by atoms with Crippen molar-refractivity contribution in [1.82, 2.24) is 15.0 Å². The van der Waals surface area contributed by atoms with Gasteiger partial charge in [-0.2, -0.15) is 4.98 Å². The molecule has 0 unspecified atom stereocenters. The van der Waals surface area contributed by atoms with E-state index in [1.807, 2.05) is 12.2 Å². The van der Waals surface area contributed by atoms with Crippen LogP contribution in [0.4, 0.5) is 4.39 Å². The molecule has 0 saturated heterocycles. The third kappa shape index (κ3) is 5.05. The van der Waals surface area contributed by atoms with Crippen LogP contribution in [0.3, 0.4) is 0 Å². The smallest absolute Gasteiger partial charge is 0.240 e. The molecule has 0 fully saturated rings. The van der Waals surface area contributed by atoms with Gasteiger partial charge in [0.1, 0.15) is 12.4 Å². The lowest BCUT2D eigenvalue weighted by molar-refractivity contribution is 0.174. The summed E-state index contributed by atoms with van der Waals surface area (Å²) in [6.45, 7) is 4.60. The first-order chi connectivity index (χ1) is 10.7. The number of likely N-dealkylation sites (N-methyl/N-ethyl adjacent to an activating group) is 1.